The molecule has 0 aliphatic heterocycles. The number of anilines is 1. The van der Waals surface area contributed by atoms with Crippen LogP contribution in [0.3, 0.4) is 0 Å². The number of nitrogens with one attached hydrogen (secondary N) is 2. The molecular weight excluding hydrogens is 366 g/mol. The van der Waals surface area contributed by atoms with Gasteiger partial charge in [0.15, 0.2) is 5.78 Å². The zero-order valence-electron chi connectivity index (χ0n) is 14.7. The van der Waals surface area contributed by atoms with Crippen molar-refractivity contribution in [1.82, 2.24) is 10.2 Å². The van der Waals surface area contributed by atoms with E-state index in [1.165, 1.54) is 31.2 Å². The summed E-state index contributed by atoms with van der Waals surface area (Å²) in [5.41, 5.74) is 1.93. The maximum absolute atomic E-state index is 12.9. The van der Waals surface area contributed by atoms with E-state index >= 15 is 0 Å². The van der Waals surface area contributed by atoms with E-state index < -0.39 is 10.0 Å². The molecule has 2 N–H and O–H groups in total. The van der Waals surface area contributed by atoms with Crippen LogP contribution in [0.2, 0.25) is 0 Å². The molecule has 2 aromatic carbocycles. The van der Waals surface area contributed by atoms with Crippen molar-refractivity contribution in [3.63, 3.8) is 0 Å². The van der Waals surface area contributed by atoms with E-state index in [1.807, 2.05) is 0 Å². The molecule has 7 nitrogen and oxygen atoms in total. The third-order valence-corrected chi connectivity index (χ3v) is 5.50. The molecule has 0 atom stereocenters. The zero-order chi connectivity index (χ0) is 19.6. The first-order valence-electron chi connectivity index (χ1n) is 8.07. The lowest BCUT2D eigenvalue weighted by Gasteiger charge is -2.12. The van der Waals surface area contributed by atoms with Crippen molar-refractivity contribution in [3.8, 4) is 11.3 Å². The van der Waals surface area contributed by atoms with Gasteiger partial charge >= 0.3 is 0 Å². The first-order chi connectivity index (χ1) is 12.8. The van der Waals surface area contributed by atoms with Crippen molar-refractivity contribution in [2.75, 3.05) is 4.72 Å². The summed E-state index contributed by atoms with van der Waals surface area (Å²) in [7, 11) is -3.89. The lowest BCUT2D eigenvalue weighted by Crippen LogP contribution is -2.15. The molecule has 0 spiro atoms. The molecule has 0 bridgehead atoms. The highest BCUT2D eigenvalue weighted by atomic mass is 32.2. The maximum Gasteiger partial charge on any atom is 0.264 e. The van der Waals surface area contributed by atoms with Gasteiger partial charge in [0.1, 0.15) is 0 Å². The Bertz CT molecular complexity index is 1160. The van der Waals surface area contributed by atoms with E-state index in [4.69, 9.17) is 0 Å². The first kappa shape index (κ1) is 18.5. The summed E-state index contributed by atoms with van der Waals surface area (Å²) in [6.07, 6.45) is 0. The topological polar surface area (TPSA) is 109 Å². The third kappa shape index (κ3) is 4.12. The predicted molar refractivity (Wildman–Crippen MR) is 102 cm³/mol. The molecular formula is C19H17N3O4S. The molecule has 0 aliphatic rings. The van der Waals surface area contributed by atoms with Gasteiger partial charge in [-0.25, -0.2) is 13.5 Å². The number of carbonyl (C=O) groups is 1. The zero-order valence-corrected chi connectivity index (χ0v) is 15.5. The van der Waals surface area contributed by atoms with E-state index in [9.17, 15) is 18.0 Å². The van der Waals surface area contributed by atoms with Crippen LogP contribution in [-0.2, 0) is 10.0 Å². The Kier molecular flexibility index (Phi) is 4.91. The summed E-state index contributed by atoms with van der Waals surface area (Å²) < 4.78 is 28.2. The largest absolute Gasteiger partial charge is 0.295 e. The molecule has 0 fully saturated rings. The number of Topliss-reactive ketones (excluding diaryl/α,β-unsaturated/α-hetero) is 1. The van der Waals surface area contributed by atoms with Gasteiger partial charge in [-0.1, -0.05) is 24.3 Å². The van der Waals surface area contributed by atoms with Crippen molar-refractivity contribution in [2.24, 2.45) is 0 Å². The number of benzene rings is 2. The lowest BCUT2D eigenvalue weighted by molar-refractivity contribution is 0.101. The number of aromatic nitrogens is 2. The van der Waals surface area contributed by atoms with Crippen molar-refractivity contribution in [1.29, 1.82) is 0 Å². The van der Waals surface area contributed by atoms with E-state index in [2.05, 4.69) is 14.9 Å². The highest BCUT2D eigenvalue weighted by Gasteiger charge is 2.19. The number of hydrogen-bond donors (Lipinski definition) is 2. The molecule has 1 aromatic heterocycles. The van der Waals surface area contributed by atoms with Gasteiger partial charge in [-0.2, -0.15) is 5.10 Å². The van der Waals surface area contributed by atoms with Crippen molar-refractivity contribution < 1.29 is 13.2 Å². The average molecular weight is 383 g/mol. The molecule has 0 radical (unpaired) electrons. The van der Waals surface area contributed by atoms with Crippen LogP contribution in [0.4, 0.5) is 5.69 Å². The van der Waals surface area contributed by atoms with Crippen LogP contribution in [0, 0.1) is 6.92 Å². The highest BCUT2D eigenvalue weighted by Crippen LogP contribution is 2.25. The van der Waals surface area contributed by atoms with Gasteiger partial charge in [-0.3, -0.25) is 14.3 Å². The monoisotopic (exact) mass is 383 g/mol. The summed E-state index contributed by atoms with van der Waals surface area (Å²) in [5.74, 6) is -0.154. The Labute approximate surface area is 156 Å². The quantitative estimate of drug-likeness (QED) is 0.659. The van der Waals surface area contributed by atoms with Gasteiger partial charge < -0.3 is 0 Å². The Morgan fingerprint density at radius 3 is 2.52 bits per heavy atom. The van der Waals surface area contributed by atoms with Crippen LogP contribution in [0.1, 0.15) is 22.8 Å². The fourth-order valence-corrected chi connectivity index (χ4v) is 3.89. The normalized spacial score (nSPS) is 11.2. The summed E-state index contributed by atoms with van der Waals surface area (Å²) in [6.45, 7) is 3.10. The molecule has 0 unspecified atom stereocenters. The van der Waals surface area contributed by atoms with Crippen LogP contribution < -0.4 is 10.3 Å². The standard InChI is InChI=1S/C19H17N3O4S/c1-12-6-7-15(17-8-9-19(24)21-20-17)11-18(12)27(25,26)22-16-5-3-4-14(10-16)13(2)23/h3-11,22H,1-2H3,(H,21,24). The number of nitrogens with zero attached hydrogens (tertiary/aromatic N) is 1. The smallest absolute Gasteiger partial charge is 0.264 e. The molecule has 1 heterocycles. The fourth-order valence-electron chi connectivity index (χ4n) is 2.57. The number of aryl methyl sites for hydroxylation is 1. The van der Waals surface area contributed by atoms with E-state index in [1.54, 1.807) is 37.3 Å². The second-order valence-electron chi connectivity index (χ2n) is 6.03. The predicted octanol–water partition coefficient (Wildman–Crippen LogP) is 2.75. The Morgan fingerprint density at radius 1 is 1.07 bits per heavy atom. The van der Waals surface area contributed by atoms with Crippen LogP contribution in [0.25, 0.3) is 11.3 Å². The highest BCUT2D eigenvalue weighted by molar-refractivity contribution is 7.92. The van der Waals surface area contributed by atoms with Gasteiger partial charge in [0.2, 0.25) is 0 Å². The SMILES string of the molecule is CC(=O)c1cccc(NS(=O)(=O)c2cc(-c3ccc(=O)[nH]n3)ccc2C)c1. The van der Waals surface area contributed by atoms with Gasteiger partial charge in [-0.15, -0.1) is 0 Å². The van der Waals surface area contributed by atoms with Gasteiger partial charge in [0, 0.05) is 22.9 Å². The molecule has 0 aliphatic carbocycles. The third-order valence-electron chi connectivity index (χ3n) is 3.97. The van der Waals surface area contributed by atoms with Gasteiger partial charge in [0.05, 0.1) is 10.6 Å². The Morgan fingerprint density at radius 2 is 1.85 bits per heavy atom. The van der Waals surface area contributed by atoms with E-state index in [0.717, 1.165) is 0 Å². The van der Waals surface area contributed by atoms with Crippen molar-refractivity contribution in [3.05, 3.63) is 76.1 Å². The maximum atomic E-state index is 12.9. The van der Waals surface area contributed by atoms with E-state index in [-0.39, 0.29) is 16.2 Å². The second-order valence-corrected chi connectivity index (χ2v) is 7.68. The van der Waals surface area contributed by atoms with Crippen molar-refractivity contribution >= 4 is 21.5 Å². The molecule has 3 rings (SSSR count). The van der Waals surface area contributed by atoms with Crippen LogP contribution in [0.15, 0.2) is 64.3 Å². The number of rotatable bonds is 5. The molecule has 3 aromatic rings. The minimum atomic E-state index is -3.89. The lowest BCUT2D eigenvalue weighted by atomic mass is 10.1. The minimum absolute atomic E-state index is 0.0845. The number of aromatic amines is 1. The Hall–Kier alpha value is -3.26. The molecule has 8 heteroatoms. The van der Waals surface area contributed by atoms with Crippen LogP contribution in [-0.4, -0.2) is 24.4 Å². The summed E-state index contributed by atoms with van der Waals surface area (Å²) in [6, 6.07) is 14.0. The molecule has 27 heavy (non-hydrogen) atoms. The molecule has 138 valence electrons. The molecule has 0 amide bonds. The second kappa shape index (κ2) is 7.16. The van der Waals surface area contributed by atoms with Crippen molar-refractivity contribution in [2.45, 2.75) is 18.7 Å². The van der Waals surface area contributed by atoms with Gasteiger partial charge in [0.25, 0.3) is 15.6 Å². The summed E-state index contributed by atoms with van der Waals surface area (Å²) >= 11 is 0. The van der Waals surface area contributed by atoms with Crippen LogP contribution in [0.5, 0.6) is 0 Å². The van der Waals surface area contributed by atoms with Crippen LogP contribution >= 0.6 is 0 Å². The number of sulfonamides is 1. The minimum Gasteiger partial charge on any atom is -0.295 e. The van der Waals surface area contributed by atoms with Gasteiger partial charge in [-0.05, 0) is 43.7 Å². The first-order valence-corrected chi connectivity index (χ1v) is 9.55. The number of carbonyl (C=O) groups excluding carboxylic acids is 1. The summed E-state index contributed by atoms with van der Waals surface area (Å²) in [4.78, 5) is 22.8. The number of ketones is 1. The number of H-pyrrole nitrogens is 1. The fraction of sp³-hybridized carbons (Fsp3) is 0.105. The summed E-state index contributed by atoms with van der Waals surface area (Å²) in [5, 5.41) is 6.25. The Balaban J connectivity index is 2.00. The average Bonchev–Trinajstić information content (AvgIpc) is 2.62. The van der Waals surface area contributed by atoms with E-state index in [0.29, 0.717) is 28.1 Å². The number of hydrogen-bond acceptors (Lipinski definition) is 5. The molecule has 0 saturated carbocycles. The molecule has 0 saturated heterocycles.